The molecule has 2 aromatic carbocycles. The Bertz CT molecular complexity index is 1100. The van der Waals surface area contributed by atoms with E-state index in [2.05, 4.69) is 0 Å². The van der Waals surface area contributed by atoms with Crippen LogP contribution >= 0.6 is 11.8 Å². The molecule has 31 heavy (non-hydrogen) atoms. The fraction of sp³-hybridized carbons (Fsp3) is 0.348. The van der Waals surface area contributed by atoms with Crippen molar-refractivity contribution in [2.45, 2.75) is 17.9 Å². The molecule has 3 aromatic rings. The van der Waals surface area contributed by atoms with Gasteiger partial charge in [0.05, 0.1) is 36.8 Å². The number of methoxy groups -OCH3 is 1. The van der Waals surface area contributed by atoms with Crippen molar-refractivity contribution in [3.05, 3.63) is 54.1 Å². The van der Waals surface area contributed by atoms with Crippen LogP contribution in [0.2, 0.25) is 0 Å². The summed E-state index contributed by atoms with van der Waals surface area (Å²) in [5, 5.41) is 0. The first-order chi connectivity index (χ1) is 15.1. The summed E-state index contributed by atoms with van der Waals surface area (Å²) in [6.07, 6.45) is 2.01. The van der Waals surface area contributed by atoms with Gasteiger partial charge in [-0.3, -0.25) is 14.5 Å². The van der Waals surface area contributed by atoms with Gasteiger partial charge in [-0.05, 0) is 43.0 Å². The van der Waals surface area contributed by atoms with E-state index < -0.39 is 17.9 Å². The third kappa shape index (κ3) is 3.81. The molecule has 0 aliphatic carbocycles. The zero-order valence-electron chi connectivity index (χ0n) is 17.8. The van der Waals surface area contributed by atoms with Crippen LogP contribution in [0.25, 0.3) is 11.0 Å². The van der Waals surface area contributed by atoms with Crippen molar-refractivity contribution in [1.29, 1.82) is 0 Å². The number of benzene rings is 2. The molecule has 2 atom stereocenters. The van der Waals surface area contributed by atoms with Crippen LogP contribution in [0.3, 0.4) is 0 Å². The van der Waals surface area contributed by atoms with Crippen molar-refractivity contribution >= 4 is 40.6 Å². The molecule has 0 bridgehead atoms. The second-order valence-corrected chi connectivity index (χ2v) is 8.08. The maximum absolute atomic E-state index is 13.6. The van der Waals surface area contributed by atoms with E-state index in [0.29, 0.717) is 19.1 Å². The van der Waals surface area contributed by atoms with E-state index in [0.717, 1.165) is 21.5 Å². The lowest BCUT2D eigenvalue weighted by atomic mass is 9.89. The molecule has 2 unspecified atom stereocenters. The predicted octanol–water partition coefficient (Wildman–Crippen LogP) is 3.52. The highest BCUT2D eigenvalue weighted by molar-refractivity contribution is 7.98. The molecule has 1 aromatic heterocycles. The second kappa shape index (κ2) is 9.11. The number of ether oxygens (including phenoxy) is 2. The van der Waals surface area contributed by atoms with E-state index >= 15 is 0 Å². The Morgan fingerprint density at radius 3 is 2.58 bits per heavy atom. The van der Waals surface area contributed by atoms with Crippen molar-refractivity contribution in [3.8, 4) is 0 Å². The SMILES string of the molecule is CCOC(=O)C1C(=O)N(CCOC)c2nc3ccccc3n2C1c1ccc(SC)cc1. The zero-order chi connectivity index (χ0) is 22.0. The first-order valence-corrected chi connectivity index (χ1v) is 11.4. The molecule has 0 spiro atoms. The second-order valence-electron chi connectivity index (χ2n) is 7.20. The van der Waals surface area contributed by atoms with Crippen LogP contribution in [0, 0.1) is 5.92 Å². The molecule has 1 aliphatic heterocycles. The van der Waals surface area contributed by atoms with Crippen LogP contribution in [-0.2, 0) is 19.1 Å². The fourth-order valence-electron chi connectivity index (χ4n) is 4.04. The number of imidazole rings is 1. The van der Waals surface area contributed by atoms with Gasteiger partial charge in [0.2, 0.25) is 11.9 Å². The summed E-state index contributed by atoms with van der Waals surface area (Å²) in [7, 11) is 1.58. The highest BCUT2D eigenvalue weighted by atomic mass is 32.2. The highest BCUT2D eigenvalue weighted by Gasteiger charge is 2.47. The maximum atomic E-state index is 13.6. The van der Waals surface area contributed by atoms with Gasteiger partial charge in [0, 0.05) is 12.0 Å². The molecular formula is C23H25N3O4S. The van der Waals surface area contributed by atoms with Crippen molar-refractivity contribution in [1.82, 2.24) is 9.55 Å². The summed E-state index contributed by atoms with van der Waals surface area (Å²) >= 11 is 1.64. The molecule has 0 saturated carbocycles. The van der Waals surface area contributed by atoms with E-state index in [1.807, 2.05) is 59.4 Å². The number of para-hydroxylation sites is 2. The van der Waals surface area contributed by atoms with Crippen LogP contribution < -0.4 is 4.90 Å². The summed E-state index contributed by atoms with van der Waals surface area (Å²) in [6, 6.07) is 15.1. The normalized spacial score (nSPS) is 18.3. The van der Waals surface area contributed by atoms with Gasteiger partial charge in [-0.1, -0.05) is 24.3 Å². The summed E-state index contributed by atoms with van der Waals surface area (Å²) in [5.74, 6) is -1.35. The number of amides is 1. The third-order valence-electron chi connectivity index (χ3n) is 5.46. The Balaban J connectivity index is 1.95. The van der Waals surface area contributed by atoms with Crippen LogP contribution in [-0.4, -0.2) is 54.6 Å². The molecular weight excluding hydrogens is 414 g/mol. The van der Waals surface area contributed by atoms with Gasteiger partial charge >= 0.3 is 5.97 Å². The zero-order valence-corrected chi connectivity index (χ0v) is 18.6. The molecule has 0 N–H and O–H groups in total. The van der Waals surface area contributed by atoms with E-state index in [1.54, 1.807) is 25.8 Å². The van der Waals surface area contributed by atoms with E-state index in [9.17, 15) is 9.59 Å². The number of carbonyl (C=O) groups excluding carboxylic acids is 2. The number of nitrogens with zero attached hydrogens (tertiary/aromatic N) is 3. The average Bonchev–Trinajstić information content (AvgIpc) is 3.17. The summed E-state index contributed by atoms with van der Waals surface area (Å²) < 4.78 is 12.6. The predicted molar refractivity (Wildman–Crippen MR) is 120 cm³/mol. The fourth-order valence-corrected chi connectivity index (χ4v) is 4.45. The minimum absolute atomic E-state index is 0.205. The van der Waals surface area contributed by atoms with Crippen molar-refractivity contribution < 1.29 is 19.1 Å². The monoisotopic (exact) mass is 439 g/mol. The number of rotatable bonds is 7. The molecule has 0 saturated heterocycles. The van der Waals surface area contributed by atoms with Gasteiger partial charge in [-0.25, -0.2) is 4.98 Å². The topological polar surface area (TPSA) is 73.7 Å². The number of esters is 1. The molecule has 162 valence electrons. The van der Waals surface area contributed by atoms with Gasteiger partial charge in [-0.2, -0.15) is 0 Å². The number of anilines is 1. The number of aromatic nitrogens is 2. The van der Waals surface area contributed by atoms with Gasteiger partial charge in [0.15, 0.2) is 5.92 Å². The summed E-state index contributed by atoms with van der Waals surface area (Å²) in [5.41, 5.74) is 2.49. The Morgan fingerprint density at radius 1 is 1.16 bits per heavy atom. The molecule has 1 amide bonds. The van der Waals surface area contributed by atoms with Gasteiger partial charge in [-0.15, -0.1) is 11.8 Å². The quantitative estimate of drug-likeness (QED) is 0.319. The largest absolute Gasteiger partial charge is 0.465 e. The van der Waals surface area contributed by atoms with Gasteiger partial charge in [0.1, 0.15) is 0 Å². The van der Waals surface area contributed by atoms with Crippen LogP contribution in [0.15, 0.2) is 53.4 Å². The molecule has 0 fully saturated rings. The van der Waals surface area contributed by atoms with Gasteiger partial charge in [0.25, 0.3) is 0 Å². The lowest BCUT2D eigenvalue weighted by molar-refractivity contribution is -0.153. The first kappa shape index (κ1) is 21.4. The lowest BCUT2D eigenvalue weighted by Crippen LogP contribution is -2.51. The molecule has 4 rings (SSSR count). The number of carbonyl (C=O) groups is 2. The molecule has 2 heterocycles. The first-order valence-electron chi connectivity index (χ1n) is 10.2. The molecule has 8 heteroatoms. The maximum Gasteiger partial charge on any atom is 0.321 e. The lowest BCUT2D eigenvalue weighted by Gasteiger charge is -2.37. The summed E-state index contributed by atoms with van der Waals surface area (Å²) in [6.45, 7) is 2.58. The number of thioether (sulfide) groups is 1. The number of hydrogen-bond donors (Lipinski definition) is 0. The Kier molecular flexibility index (Phi) is 6.29. The molecule has 0 radical (unpaired) electrons. The minimum atomic E-state index is -1.01. The minimum Gasteiger partial charge on any atom is -0.465 e. The van der Waals surface area contributed by atoms with Gasteiger partial charge < -0.3 is 14.0 Å². The Morgan fingerprint density at radius 2 is 1.90 bits per heavy atom. The average molecular weight is 440 g/mol. The smallest absolute Gasteiger partial charge is 0.321 e. The van der Waals surface area contributed by atoms with E-state index in [4.69, 9.17) is 14.5 Å². The van der Waals surface area contributed by atoms with Crippen LogP contribution in [0.1, 0.15) is 18.5 Å². The highest BCUT2D eigenvalue weighted by Crippen LogP contribution is 2.41. The van der Waals surface area contributed by atoms with Crippen molar-refractivity contribution in [3.63, 3.8) is 0 Å². The Labute approximate surface area is 185 Å². The van der Waals surface area contributed by atoms with Crippen molar-refractivity contribution in [2.24, 2.45) is 5.92 Å². The molecule has 1 aliphatic rings. The number of fused-ring (bicyclic) bond motifs is 3. The third-order valence-corrected chi connectivity index (χ3v) is 6.21. The molecule has 7 nitrogen and oxygen atoms in total. The van der Waals surface area contributed by atoms with E-state index in [1.165, 1.54) is 4.90 Å². The summed E-state index contributed by atoms with van der Waals surface area (Å²) in [4.78, 5) is 34.1. The van der Waals surface area contributed by atoms with Crippen LogP contribution in [0.5, 0.6) is 0 Å². The Hall–Kier alpha value is -2.84. The van der Waals surface area contributed by atoms with E-state index in [-0.39, 0.29) is 12.5 Å². The number of hydrogen-bond acceptors (Lipinski definition) is 6. The van der Waals surface area contributed by atoms with Crippen LogP contribution in [0.4, 0.5) is 5.95 Å². The van der Waals surface area contributed by atoms with Crippen molar-refractivity contribution in [2.75, 3.05) is 38.0 Å². The standard InChI is InChI=1S/C23H25N3O4S/c1-4-30-22(28)19-20(15-9-11-16(31-3)12-10-15)26-18-8-6-5-7-17(18)24-23(26)25(21(19)27)13-14-29-2/h5-12,19-20H,4,13-14H2,1-3H3.